The van der Waals surface area contributed by atoms with E-state index >= 15 is 0 Å². The second kappa shape index (κ2) is 11.1. The maximum absolute atomic E-state index is 13.6. The summed E-state index contributed by atoms with van der Waals surface area (Å²) in [7, 11) is 1.83. The van der Waals surface area contributed by atoms with Crippen molar-refractivity contribution in [2.75, 3.05) is 20.3 Å². The van der Waals surface area contributed by atoms with E-state index in [2.05, 4.69) is 0 Å². The Labute approximate surface area is 188 Å². The summed E-state index contributed by atoms with van der Waals surface area (Å²) in [4.78, 5) is 41.3. The smallest absolute Gasteiger partial charge is 0.318 e. The Morgan fingerprint density at radius 3 is 1.45 bits per heavy atom. The molecule has 0 N–H and O–H groups in total. The van der Waals surface area contributed by atoms with Crippen LogP contribution in [0.3, 0.4) is 0 Å². The number of carbonyl (C=O) groups is 3. The van der Waals surface area contributed by atoms with Gasteiger partial charge in [0.15, 0.2) is 5.78 Å². The number of hydrogen-bond acceptors (Lipinski definition) is 6. The molecule has 3 rings (SSSR count). The lowest BCUT2D eigenvalue weighted by molar-refractivity contribution is -0.169. The van der Waals surface area contributed by atoms with Crippen LogP contribution in [0.5, 0.6) is 0 Å². The van der Waals surface area contributed by atoms with Crippen LogP contribution in [0.15, 0.2) is 60.7 Å². The average molecular weight is 446 g/mol. The van der Waals surface area contributed by atoms with E-state index in [9.17, 15) is 14.4 Å². The van der Waals surface area contributed by atoms with Gasteiger partial charge in [0, 0.05) is 0 Å². The van der Waals surface area contributed by atoms with Gasteiger partial charge in [-0.3, -0.25) is 19.3 Å². The molecule has 1 aliphatic rings. The van der Waals surface area contributed by atoms with Gasteiger partial charge in [-0.15, -0.1) is 12.4 Å². The molecule has 1 saturated heterocycles. The second-order valence-corrected chi connectivity index (χ2v) is 7.24. The first kappa shape index (κ1) is 24.6. The van der Waals surface area contributed by atoms with Gasteiger partial charge in [-0.2, -0.15) is 0 Å². The Morgan fingerprint density at radius 1 is 0.774 bits per heavy atom. The lowest BCUT2D eigenvalue weighted by Crippen LogP contribution is -2.54. The van der Waals surface area contributed by atoms with Crippen molar-refractivity contribution < 1.29 is 23.9 Å². The zero-order valence-electron chi connectivity index (χ0n) is 17.9. The number of Topliss-reactive ketones (excluding diaryl/α,β-unsaturated/α-hetero) is 1. The van der Waals surface area contributed by atoms with E-state index in [1.807, 2.05) is 72.6 Å². The van der Waals surface area contributed by atoms with Gasteiger partial charge in [0.1, 0.15) is 11.8 Å². The Kier molecular flexibility index (Phi) is 8.77. The molecule has 1 aliphatic heterocycles. The first-order valence-corrected chi connectivity index (χ1v) is 10.2. The number of halogens is 1. The molecule has 166 valence electrons. The number of carbonyl (C=O) groups excluding carboxylic acids is 3. The molecule has 2 aromatic rings. The van der Waals surface area contributed by atoms with E-state index in [1.165, 1.54) is 0 Å². The Balaban J connectivity index is 0.00000341. The monoisotopic (exact) mass is 445 g/mol. The molecule has 0 radical (unpaired) electrons. The average Bonchev–Trinajstić information content (AvgIpc) is 2.76. The number of likely N-dealkylation sites (tertiary alicyclic amines) is 1. The minimum Gasteiger partial charge on any atom is -0.465 e. The molecule has 1 heterocycles. The summed E-state index contributed by atoms with van der Waals surface area (Å²) in [5.41, 5.74) is 1.63. The van der Waals surface area contributed by atoms with Gasteiger partial charge in [-0.1, -0.05) is 60.7 Å². The van der Waals surface area contributed by atoms with Gasteiger partial charge < -0.3 is 9.47 Å². The van der Waals surface area contributed by atoms with Crippen LogP contribution in [0, 0.1) is 11.8 Å². The fourth-order valence-electron chi connectivity index (χ4n) is 4.26. The molecule has 4 atom stereocenters. The summed E-state index contributed by atoms with van der Waals surface area (Å²) in [6.07, 6.45) is 0. The van der Waals surface area contributed by atoms with E-state index < -0.39 is 41.6 Å². The van der Waals surface area contributed by atoms with Crippen LogP contribution in [-0.2, 0) is 23.9 Å². The molecule has 1 fully saturated rings. The zero-order valence-corrected chi connectivity index (χ0v) is 18.7. The molecular weight excluding hydrogens is 418 g/mol. The van der Waals surface area contributed by atoms with E-state index in [-0.39, 0.29) is 25.6 Å². The largest absolute Gasteiger partial charge is 0.465 e. The minimum absolute atomic E-state index is 0. The highest BCUT2D eigenvalue weighted by Gasteiger charge is 2.54. The third-order valence-corrected chi connectivity index (χ3v) is 5.49. The molecule has 0 saturated carbocycles. The highest BCUT2D eigenvalue weighted by molar-refractivity contribution is 6.10. The van der Waals surface area contributed by atoms with Crippen LogP contribution in [0.2, 0.25) is 0 Å². The Morgan fingerprint density at radius 2 is 1.13 bits per heavy atom. The summed E-state index contributed by atoms with van der Waals surface area (Å²) < 4.78 is 10.5. The highest BCUT2D eigenvalue weighted by atomic mass is 35.5. The van der Waals surface area contributed by atoms with Crippen molar-refractivity contribution in [3.8, 4) is 0 Å². The molecule has 6 nitrogen and oxygen atoms in total. The van der Waals surface area contributed by atoms with Crippen LogP contribution in [-0.4, -0.2) is 42.9 Å². The molecule has 2 aromatic carbocycles. The summed E-state index contributed by atoms with van der Waals surface area (Å²) in [5.74, 6) is -3.95. The second-order valence-electron chi connectivity index (χ2n) is 7.24. The van der Waals surface area contributed by atoms with Gasteiger partial charge in [-0.25, -0.2) is 0 Å². The van der Waals surface area contributed by atoms with Crippen molar-refractivity contribution in [3.05, 3.63) is 71.8 Å². The van der Waals surface area contributed by atoms with Crippen LogP contribution in [0.4, 0.5) is 0 Å². The number of piperidine rings is 1. The van der Waals surface area contributed by atoms with Crippen LogP contribution >= 0.6 is 12.4 Å². The summed E-state index contributed by atoms with van der Waals surface area (Å²) in [6.45, 7) is 3.70. The molecule has 0 spiro atoms. The van der Waals surface area contributed by atoms with Gasteiger partial charge in [0.05, 0.1) is 25.3 Å². The van der Waals surface area contributed by atoms with Crippen LogP contribution in [0.1, 0.15) is 37.1 Å². The van der Waals surface area contributed by atoms with Crippen molar-refractivity contribution >= 4 is 30.1 Å². The number of rotatable bonds is 6. The first-order chi connectivity index (χ1) is 14.5. The predicted octanol–water partition coefficient (Wildman–Crippen LogP) is 3.76. The summed E-state index contributed by atoms with van der Waals surface area (Å²) >= 11 is 0. The molecule has 0 aromatic heterocycles. The zero-order chi connectivity index (χ0) is 21.7. The number of nitrogens with zero attached hydrogens (tertiary/aromatic N) is 1. The van der Waals surface area contributed by atoms with Crippen molar-refractivity contribution in [2.45, 2.75) is 25.9 Å². The maximum atomic E-state index is 13.6. The molecule has 0 aliphatic carbocycles. The van der Waals surface area contributed by atoms with Crippen molar-refractivity contribution in [1.82, 2.24) is 4.90 Å². The maximum Gasteiger partial charge on any atom is 0.318 e. The molecular formula is C24H28ClNO5. The fraction of sp³-hybridized carbons (Fsp3) is 0.375. The highest BCUT2D eigenvalue weighted by Crippen LogP contribution is 2.46. The predicted molar refractivity (Wildman–Crippen MR) is 119 cm³/mol. The van der Waals surface area contributed by atoms with Gasteiger partial charge >= 0.3 is 11.9 Å². The first-order valence-electron chi connectivity index (χ1n) is 10.2. The number of ether oxygens (including phenoxy) is 2. The quantitative estimate of drug-likeness (QED) is 0.498. The molecule has 4 unspecified atom stereocenters. The van der Waals surface area contributed by atoms with E-state index in [0.717, 1.165) is 11.1 Å². The number of esters is 2. The third-order valence-electron chi connectivity index (χ3n) is 5.49. The van der Waals surface area contributed by atoms with Crippen molar-refractivity contribution in [2.24, 2.45) is 11.8 Å². The molecule has 0 amide bonds. The molecule has 31 heavy (non-hydrogen) atoms. The SMILES string of the molecule is CCOC(=O)C1C(=O)C(C(=O)OCC)C(c2ccccc2)N(C)C1c1ccccc1.Cl. The number of hydrogen-bond donors (Lipinski definition) is 0. The van der Waals surface area contributed by atoms with E-state index in [0.29, 0.717) is 0 Å². The lowest BCUT2D eigenvalue weighted by Gasteiger charge is -2.46. The third kappa shape index (κ3) is 4.97. The number of benzene rings is 2. The fourth-order valence-corrected chi connectivity index (χ4v) is 4.26. The van der Waals surface area contributed by atoms with Gasteiger partial charge in [0.2, 0.25) is 0 Å². The number of ketones is 1. The minimum atomic E-state index is -1.12. The lowest BCUT2D eigenvalue weighted by atomic mass is 9.73. The summed E-state index contributed by atoms with van der Waals surface area (Å²) in [5, 5.41) is 0. The topological polar surface area (TPSA) is 72.9 Å². The summed E-state index contributed by atoms with van der Waals surface area (Å²) in [6, 6.07) is 17.6. The Bertz CT molecular complexity index is 818. The van der Waals surface area contributed by atoms with Gasteiger partial charge in [0.25, 0.3) is 0 Å². The van der Waals surface area contributed by atoms with Gasteiger partial charge in [-0.05, 0) is 32.0 Å². The van der Waals surface area contributed by atoms with Crippen LogP contribution in [0.25, 0.3) is 0 Å². The van der Waals surface area contributed by atoms with E-state index in [4.69, 9.17) is 9.47 Å². The van der Waals surface area contributed by atoms with Crippen molar-refractivity contribution in [3.63, 3.8) is 0 Å². The normalized spacial score (nSPS) is 23.5. The standard InChI is InChI=1S/C24H27NO5.ClH/c1-4-29-23(27)18-20(16-12-8-6-9-13-16)25(3)21(17-14-10-7-11-15-17)19(22(18)26)24(28)30-5-2;/h6-15,18-21H,4-5H2,1-3H3;1H. The Hall–Kier alpha value is -2.70. The van der Waals surface area contributed by atoms with Crippen LogP contribution < -0.4 is 0 Å². The molecule has 7 heteroatoms. The van der Waals surface area contributed by atoms with E-state index in [1.54, 1.807) is 13.8 Å². The molecule has 0 bridgehead atoms. The van der Waals surface area contributed by atoms with Crippen molar-refractivity contribution in [1.29, 1.82) is 0 Å².